The zero-order valence-electron chi connectivity index (χ0n) is 8.34. The zero-order chi connectivity index (χ0) is 9.68. The summed E-state index contributed by atoms with van der Waals surface area (Å²) < 4.78 is 5.39. The molecule has 0 amide bonds. The van der Waals surface area contributed by atoms with E-state index in [4.69, 9.17) is 10.5 Å². The lowest BCUT2D eigenvalue weighted by molar-refractivity contribution is 0.340. The number of rotatable bonds is 4. The molecule has 13 heavy (non-hydrogen) atoms. The van der Waals surface area contributed by atoms with Crippen LogP contribution in [-0.2, 0) is 6.42 Å². The van der Waals surface area contributed by atoms with Crippen molar-refractivity contribution in [1.29, 1.82) is 0 Å². The molecule has 2 N–H and O–H groups in total. The van der Waals surface area contributed by atoms with Crippen LogP contribution in [0.2, 0.25) is 0 Å². The molecule has 2 heteroatoms. The van der Waals surface area contributed by atoms with Crippen LogP contribution >= 0.6 is 0 Å². The summed E-state index contributed by atoms with van der Waals surface area (Å²) >= 11 is 0. The highest BCUT2D eigenvalue weighted by Gasteiger charge is 1.99. The fourth-order valence-corrected chi connectivity index (χ4v) is 1.36. The fourth-order valence-electron chi connectivity index (χ4n) is 1.36. The van der Waals surface area contributed by atoms with E-state index in [2.05, 4.69) is 19.1 Å². The molecule has 0 aliphatic carbocycles. The Labute approximate surface area is 79.7 Å². The average Bonchev–Trinajstić information content (AvgIpc) is 2.10. The molecule has 0 aliphatic heterocycles. The van der Waals surface area contributed by atoms with E-state index >= 15 is 0 Å². The minimum Gasteiger partial charge on any atom is -0.494 e. The molecule has 0 fully saturated rings. The highest BCUT2D eigenvalue weighted by Crippen LogP contribution is 2.17. The Morgan fingerprint density at radius 3 is 2.69 bits per heavy atom. The van der Waals surface area contributed by atoms with Crippen molar-refractivity contribution in [3.63, 3.8) is 0 Å². The van der Waals surface area contributed by atoms with Crippen LogP contribution in [0.3, 0.4) is 0 Å². The Balaban J connectivity index is 2.79. The Hall–Kier alpha value is -1.02. The van der Waals surface area contributed by atoms with E-state index in [-0.39, 0.29) is 0 Å². The molecule has 1 aromatic rings. The largest absolute Gasteiger partial charge is 0.494 e. The summed E-state index contributed by atoms with van der Waals surface area (Å²) in [6.45, 7) is 5.50. The molecular weight excluding hydrogens is 162 g/mol. The van der Waals surface area contributed by atoms with E-state index in [0.717, 1.165) is 18.8 Å². The van der Waals surface area contributed by atoms with Crippen LogP contribution in [0.1, 0.15) is 18.1 Å². The first kappa shape index (κ1) is 10.1. The van der Waals surface area contributed by atoms with E-state index in [0.29, 0.717) is 6.54 Å². The Bertz CT molecular complexity index is 271. The zero-order valence-corrected chi connectivity index (χ0v) is 8.34. The van der Waals surface area contributed by atoms with Gasteiger partial charge in [0.25, 0.3) is 0 Å². The lowest BCUT2D eigenvalue weighted by atomic mass is 10.1. The van der Waals surface area contributed by atoms with Gasteiger partial charge in [0.2, 0.25) is 0 Å². The summed E-state index contributed by atoms with van der Waals surface area (Å²) in [4.78, 5) is 0. The molecule has 0 radical (unpaired) electrons. The standard InChI is InChI=1S/C11H17NO/c1-3-13-11-5-4-10(6-7-12)9(2)8-11/h4-5,8H,3,6-7,12H2,1-2H3. The van der Waals surface area contributed by atoms with Gasteiger partial charge in [0.05, 0.1) is 6.61 Å². The van der Waals surface area contributed by atoms with Gasteiger partial charge in [0, 0.05) is 0 Å². The van der Waals surface area contributed by atoms with E-state index in [1.807, 2.05) is 13.0 Å². The van der Waals surface area contributed by atoms with Crippen molar-refractivity contribution in [2.75, 3.05) is 13.2 Å². The first-order chi connectivity index (χ1) is 6.27. The van der Waals surface area contributed by atoms with Gasteiger partial charge in [0.1, 0.15) is 5.75 Å². The van der Waals surface area contributed by atoms with Crippen molar-refractivity contribution >= 4 is 0 Å². The number of hydrogen-bond acceptors (Lipinski definition) is 2. The van der Waals surface area contributed by atoms with Crippen LogP contribution in [-0.4, -0.2) is 13.2 Å². The predicted molar refractivity (Wildman–Crippen MR) is 55.1 cm³/mol. The van der Waals surface area contributed by atoms with Crippen LogP contribution in [0.25, 0.3) is 0 Å². The normalized spacial score (nSPS) is 10.1. The highest BCUT2D eigenvalue weighted by atomic mass is 16.5. The van der Waals surface area contributed by atoms with E-state index in [9.17, 15) is 0 Å². The van der Waals surface area contributed by atoms with E-state index in [1.54, 1.807) is 0 Å². The lowest BCUT2D eigenvalue weighted by Gasteiger charge is -2.07. The molecule has 1 rings (SSSR count). The smallest absolute Gasteiger partial charge is 0.119 e. The second-order valence-corrected chi connectivity index (χ2v) is 3.06. The van der Waals surface area contributed by atoms with Crippen LogP contribution in [0.15, 0.2) is 18.2 Å². The summed E-state index contributed by atoms with van der Waals surface area (Å²) in [6.07, 6.45) is 0.943. The van der Waals surface area contributed by atoms with Crippen molar-refractivity contribution in [3.8, 4) is 5.75 Å². The number of hydrogen-bond donors (Lipinski definition) is 1. The van der Waals surface area contributed by atoms with Crippen molar-refractivity contribution in [2.24, 2.45) is 5.73 Å². The monoisotopic (exact) mass is 179 g/mol. The third-order valence-corrected chi connectivity index (χ3v) is 2.04. The molecule has 0 unspecified atom stereocenters. The molecule has 0 heterocycles. The quantitative estimate of drug-likeness (QED) is 0.766. The molecule has 0 bridgehead atoms. The van der Waals surface area contributed by atoms with Gasteiger partial charge >= 0.3 is 0 Å². The molecule has 0 aliphatic rings. The summed E-state index contributed by atoms with van der Waals surface area (Å²) in [7, 11) is 0. The van der Waals surface area contributed by atoms with Gasteiger partial charge in [-0.05, 0) is 50.1 Å². The van der Waals surface area contributed by atoms with Crippen molar-refractivity contribution in [3.05, 3.63) is 29.3 Å². The second-order valence-electron chi connectivity index (χ2n) is 3.06. The van der Waals surface area contributed by atoms with Gasteiger partial charge in [-0.1, -0.05) is 6.07 Å². The van der Waals surface area contributed by atoms with E-state index in [1.165, 1.54) is 11.1 Å². The summed E-state index contributed by atoms with van der Waals surface area (Å²) in [5.41, 5.74) is 8.07. The van der Waals surface area contributed by atoms with Gasteiger partial charge in [-0.25, -0.2) is 0 Å². The fraction of sp³-hybridized carbons (Fsp3) is 0.455. The van der Waals surface area contributed by atoms with Gasteiger partial charge in [-0.3, -0.25) is 0 Å². The second kappa shape index (κ2) is 4.87. The minimum absolute atomic E-state index is 0.703. The molecule has 0 saturated carbocycles. The molecule has 72 valence electrons. The number of nitrogens with two attached hydrogens (primary N) is 1. The van der Waals surface area contributed by atoms with E-state index < -0.39 is 0 Å². The molecule has 2 nitrogen and oxygen atoms in total. The third kappa shape index (κ3) is 2.74. The van der Waals surface area contributed by atoms with Gasteiger partial charge < -0.3 is 10.5 Å². The van der Waals surface area contributed by atoms with Crippen LogP contribution in [0, 0.1) is 6.92 Å². The van der Waals surface area contributed by atoms with Crippen molar-refractivity contribution in [1.82, 2.24) is 0 Å². The summed E-state index contributed by atoms with van der Waals surface area (Å²) in [6, 6.07) is 6.16. The molecule has 0 saturated heterocycles. The first-order valence-electron chi connectivity index (χ1n) is 4.70. The maximum atomic E-state index is 5.49. The minimum atomic E-state index is 0.703. The van der Waals surface area contributed by atoms with Crippen LogP contribution in [0.5, 0.6) is 5.75 Å². The van der Waals surface area contributed by atoms with Crippen molar-refractivity contribution < 1.29 is 4.74 Å². The number of benzene rings is 1. The lowest BCUT2D eigenvalue weighted by Crippen LogP contribution is -2.04. The van der Waals surface area contributed by atoms with Crippen molar-refractivity contribution in [2.45, 2.75) is 20.3 Å². The Morgan fingerprint density at radius 1 is 1.38 bits per heavy atom. The summed E-state index contributed by atoms with van der Waals surface area (Å²) in [5.74, 6) is 0.945. The van der Waals surface area contributed by atoms with Gasteiger partial charge in [-0.15, -0.1) is 0 Å². The topological polar surface area (TPSA) is 35.2 Å². The predicted octanol–water partition coefficient (Wildman–Crippen LogP) is 1.89. The molecule has 1 aromatic carbocycles. The van der Waals surface area contributed by atoms with Gasteiger partial charge in [-0.2, -0.15) is 0 Å². The van der Waals surface area contributed by atoms with Gasteiger partial charge in [0.15, 0.2) is 0 Å². The molecule has 0 spiro atoms. The Kier molecular flexibility index (Phi) is 3.77. The molecular formula is C11H17NO. The maximum Gasteiger partial charge on any atom is 0.119 e. The number of aryl methyl sites for hydroxylation is 1. The Morgan fingerprint density at radius 2 is 2.15 bits per heavy atom. The maximum absolute atomic E-state index is 5.49. The summed E-state index contributed by atoms with van der Waals surface area (Å²) in [5, 5.41) is 0. The van der Waals surface area contributed by atoms with Crippen LogP contribution < -0.4 is 10.5 Å². The highest BCUT2D eigenvalue weighted by molar-refractivity contribution is 5.34. The third-order valence-electron chi connectivity index (χ3n) is 2.04. The number of ether oxygens (including phenoxy) is 1. The first-order valence-corrected chi connectivity index (χ1v) is 4.70. The molecule has 0 aromatic heterocycles. The average molecular weight is 179 g/mol. The molecule has 0 atom stereocenters. The SMILES string of the molecule is CCOc1ccc(CCN)c(C)c1. The van der Waals surface area contributed by atoms with Crippen LogP contribution in [0.4, 0.5) is 0 Å².